The lowest BCUT2D eigenvalue weighted by Crippen LogP contribution is -2.21. The second-order valence-electron chi connectivity index (χ2n) is 4.32. The third kappa shape index (κ3) is 3.34. The number of thiophene rings is 1. The molecule has 0 aliphatic heterocycles. The summed E-state index contributed by atoms with van der Waals surface area (Å²) in [6.45, 7) is 3.59. The summed E-state index contributed by atoms with van der Waals surface area (Å²) in [5.74, 6) is 0.0350. The summed E-state index contributed by atoms with van der Waals surface area (Å²) in [4.78, 5) is 5.49. The maximum atomic E-state index is 8.76. The summed E-state index contributed by atoms with van der Waals surface area (Å²) in [7, 11) is 0. The molecule has 2 heterocycles. The van der Waals surface area contributed by atoms with Gasteiger partial charge in [-0.25, -0.2) is 0 Å². The van der Waals surface area contributed by atoms with Crippen LogP contribution < -0.4 is 11.1 Å². The molecule has 2 aromatic rings. The number of nitrogens with one attached hydrogen (secondary N) is 1. The number of pyridine rings is 1. The molecule has 0 unspecified atom stereocenters. The number of rotatable bonds is 6. The molecule has 4 N–H and O–H groups in total. The number of oxime groups is 1. The van der Waals surface area contributed by atoms with E-state index in [1.54, 1.807) is 17.5 Å². The van der Waals surface area contributed by atoms with E-state index in [1.165, 1.54) is 10.4 Å². The van der Waals surface area contributed by atoms with Crippen LogP contribution in [0, 0.1) is 0 Å². The van der Waals surface area contributed by atoms with Crippen LogP contribution in [0.3, 0.4) is 0 Å². The lowest BCUT2D eigenvalue weighted by atomic mass is 10.1. The van der Waals surface area contributed by atoms with Gasteiger partial charge in [0.2, 0.25) is 0 Å². The van der Waals surface area contributed by atoms with E-state index >= 15 is 0 Å². The minimum Gasteiger partial charge on any atom is -0.409 e. The van der Waals surface area contributed by atoms with Crippen molar-refractivity contribution in [3.8, 4) is 0 Å². The van der Waals surface area contributed by atoms with Gasteiger partial charge >= 0.3 is 0 Å². The summed E-state index contributed by atoms with van der Waals surface area (Å²) in [5.41, 5.74) is 8.43. The van der Waals surface area contributed by atoms with Gasteiger partial charge < -0.3 is 16.3 Å². The zero-order chi connectivity index (χ0) is 14.4. The largest absolute Gasteiger partial charge is 0.409 e. The highest BCUT2D eigenvalue weighted by atomic mass is 32.1. The molecule has 0 amide bonds. The Morgan fingerprint density at radius 3 is 3.00 bits per heavy atom. The Kier molecular flexibility index (Phi) is 5.09. The van der Waals surface area contributed by atoms with Gasteiger partial charge in [0.15, 0.2) is 5.84 Å². The van der Waals surface area contributed by atoms with Crippen LogP contribution in [-0.4, -0.2) is 16.0 Å². The van der Waals surface area contributed by atoms with Crippen molar-refractivity contribution in [2.75, 3.05) is 0 Å². The molecule has 2 rings (SSSR count). The Bertz CT molecular complexity index is 594. The van der Waals surface area contributed by atoms with Crippen LogP contribution in [-0.2, 0) is 19.5 Å². The summed E-state index contributed by atoms with van der Waals surface area (Å²) in [6.07, 6.45) is 2.67. The summed E-state index contributed by atoms with van der Waals surface area (Å²) in [6, 6.07) is 5.92. The van der Waals surface area contributed by atoms with Crippen LogP contribution in [0.4, 0.5) is 0 Å². The van der Waals surface area contributed by atoms with Crippen molar-refractivity contribution in [2.24, 2.45) is 10.9 Å². The average Bonchev–Trinajstić information content (AvgIpc) is 2.94. The molecule has 0 aliphatic carbocycles. The molecule has 0 radical (unpaired) electrons. The Morgan fingerprint density at radius 2 is 2.25 bits per heavy atom. The second kappa shape index (κ2) is 7.02. The molecular formula is C14H18N4OS. The van der Waals surface area contributed by atoms with Crippen LogP contribution in [0.15, 0.2) is 34.9 Å². The number of aryl methyl sites for hydroxylation is 1. The second-order valence-corrected chi connectivity index (χ2v) is 5.32. The molecular weight excluding hydrogens is 272 g/mol. The van der Waals surface area contributed by atoms with Crippen molar-refractivity contribution in [3.63, 3.8) is 0 Å². The Balaban J connectivity index is 2.01. The standard InChI is InChI=1S/C14H18N4OS/c1-2-10-5-7-20-12(10)9-16-8-11-4-3-6-17-13(11)14(15)18-19/h3-7,16,19H,2,8-9H2,1H3,(H2,15,18). The highest BCUT2D eigenvalue weighted by Gasteiger charge is 2.08. The van der Waals surface area contributed by atoms with Gasteiger partial charge in [-0.05, 0) is 35.1 Å². The number of aromatic nitrogens is 1. The SMILES string of the molecule is CCc1ccsc1CNCc1cccnc1/C(N)=N/O. The third-order valence-electron chi connectivity index (χ3n) is 3.06. The molecule has 0 saturated carbocycles. The number of nitrogens with zero attached hydrogens (tertiary/aromatic N) is 2. The van der Waals surface area contributed by atoms with Crippen LogP contribution in [0.2, 0.25) is 0 Å². The smallest absolute Gasteiger partial charge is 0.189 e. The summed E-state index contributed by atoms with van der Waals surface area (Å²) < 4.78 is 0. The monoisotopic (exact) mass is 290 g/mol. The van der Waals surface area contributed by atoms with Gasteiger partial charge in [0, 0.05) is 24.2 Å². The molecule has 6 heteroatoms. The highest BCUT2D eigenvalue weighted by Crippen LogP contribution is 2.17. The number of hydrogen-bond donors (Lipinski definition) is 3. The van der Waals surface area contributed by atoms with Crippen molar-refractivity contribution < 1.29 is 5.21 Å². The molecule has 0 aromatic carbocycles. The fourth-order valence-electron chi connectivity index (χ4n) is 2.01. The van der Waals surface area contributed by atoms with Gasteiger partial charge in [0.05, 0.1) is 0 Å². The lowest BCUT2D eigenvalue weighted by Gasteiger charge is -2.08. The van der Waals surface area contributed by atoms with E-state index in [1.807, 2.05) is 12.1 Å². The molecule has 0 atom stereocenters. The molecule has 2 aromatic heterocycles. The van der Waals surface area contributed by atoms with Gasteiger partial charge in [-0.15, -0.1) is 11.3 Å². The molecule has 5 nitrogen and oxygen atoms in total. The fraction of sp³-hybridized carbons (Fsp3) is 0.286. The minimum absolute atomic E-state index is 0.0350. The Labute approximate surface area is 122 Å². The molecule has 0 fully saturated rings. The molecule has 0 bridgehead atoms. The highest BCUT2D eigenvalue weighted by molar-refractivity contribution is 7.10. The number of hydrogen-bond acceptors (Lipinski definition) is 5. The maximum Gasteiger partial charge on any atom is 0.189 e. The number of nitrogens with two attached hydrogens (primary N) is 1. The zero-order valence-corrected chi connectivity index (χ0v) is 12.2. The fourth-order valence-corrected chi connectivity index (χ4v) is 2.95. The molecule has 0 spiro atoms. The lowest BCUT2D eigenvalue weighted by molar-refractivity contribution is 0.318. The van der Waals surface area contributed by atoms with Crippen LogP contribution in [0.5, 0.6) is 0 Å². The van der Waals surface area contributed by atoms with Gasteiger partial charge in [-0.3, -0.25) is 4.98 Å². The minimum atomic E-state index is 0.0350. The van der Waals surface area contributed by atoms with Crippen molar-refractivity contribution in [1.29, 1.82) is 0 Å². The van der Waals surface area contributed by atoms with Crippen LogP contribution in [0.25, 0.3) is 0 Å². The van der Waals surface area contributed by atoms with Crippen molar-refractivity contribution >= 4 is 17.2 Å². The predicted molar refractivity (Wildman–Crippen MR) is 81.0 cm³/mol. The predicted octanol–water partition coefficient (Wildman–Crippen LogP) is 2.09. The average molecular weight is 290 g/mol. The molecule has 0 saturated heterocycles. The van der Waals surface area contributed by atoms with E-state index in [0.29, 0.717) is 12.2 Å². The van der Waals surface area contributed by atoms with E-state index < -0.39 is 0 Å². The van der Waals surface area contributed by atoms with Crippen molar-refractivity contribution in [2.45, 2.75) is 26.4 Å². The van der Waals surface area contributed by atoms with E-state index in [2.05, 4.69) is 33.8 Å². The topological polar surface area (TPSA) is 83.5 Å². The number of amidine groups is 1. The van der Waals surface area contributed by atoms with Gasteiger partial charge in [-0.1, -0.05) is 18.1 Å². The van der Waals surface area contributed by atoms with E-state index in [-0.39, 0.29) is 5.84 Å². The Morgan fingerprint density at radius 1 is 1.40 bits per heavy atom. The third-order valence-corrected chi connectivity index (χ3v) is 4.02. The van der Waals surface area contributed by atoms with Crippen LogP contribution in [0.1, 0.15) is 28.6 Å². The van der Waals surface area contributed by atoms with E-state index in [9.17, 15) is 0 Å². The van der Waals surface area contributed by atoms with Crippen LogP contribution >= 0.6 is 11.3 Å². The zero-order valence-electron chi connectivity index (χ0n) is 11.3. The quantitative estimate of drug-likeness (QED) is 0.329. The Hall–Kier alpha value is -1.92. The van der Waals surface area contributed by atoms with Crippen molar-refractivity contribution in [1.82, 2.24) is 10.3 Å². The van der Waals surface area contributed by atoms with E-state index in [4.69, 9.17) is 10.9 Å². The van der Waals surface area contributed by atoms with E-state index in [0.717, 1.165) is 18.5 Å². The molecule has 20 heavy (non-hydrogen) atoms. The molecule has 0 aliphatic rings. The first-order valence-electron chi connectivity index (χ1n) is 6.44. The normalized spacial score (nSPS) is 11.8. The van der Waals surface area contributed by atoms with Gasteiger partial charge in [0.25, 0.3) is 0 Å². The summed E-state index contributed by atoms with van der Waals surface area (Å²) in [5, 5.41) is 17.3. The first-order valence-corrected chi connectivity index (χ1v) is 7.32. The first-order chi connectivity index (χ1) is 9.76. The van der Waals surface area contributed by atoms with Gasteiger partial charge in [0.1, 0.15) is 5.69 Å². The first kappa shape index (κ1) is 14.5. The van der Waals surface area contributed by atoms with Crippen molar-refractivity contribution in [3.05, 3.63) is 51.5 Å². The maximum absolute atomic E-state index is 8.76. The van der Waals surface area contributed by atoms with Gasteiger partial charge in [-0.2, -0.15) is 0 Å². The molecule has 106 valence electrons. The summed E-state index contributed by atoms with van der Waals surface area (Å²) >= 11 is 1.76.